The number of methoxy groups -OCH3 is 1. The summed E-state index contributed by atoms with van der Waals surface area (Å²) in [5, 5.41) is 2.75. The van der Waals surface area contributed by atoms with Crippen LogP contribution >= 0.6 is 0 Å². The molecule has 2 aromatic rings. The Balaban J connectivity index is 2.18. The Kier molecular flexibility index (Phi) is 6.37. The minimum Gasteiger partial charge on any atom is -0.496 e. The van der Waals surface area contributed by atoms with Crippen LogP contribution in [-0.2, 0) is 16.0 Å². The number of nitrogens with one attached hydrogen (secondary N) is 1. The number of carbonyl (C=O) groups excluding carboxylic acids is 2. The topological polar surface area (TPSA) is 64.6 Å². The third-order valence-corrected chi connectivity index (χ3v) is 3.51. The van der Waals surface area contributed by atoms with Gasteiger partial charge < -0.3 is 14.8 Å². The number of hydrogen-bond donors (Lipinski definition) is 1. The Bertz CT molecular complexity index is 685. The van der Waals surface area contributed by atoms with Crippen LogP contribution in [0.15, 0.2) is 54.6 Å². The number of para-hydroxylation sites is 1. The van der Waals surface area contributed by atoms with Gasteiger partial charge in [-0.3, -0.25) is 4.79 Å². The van der Waals surface area contributed by atoms with E-state index in [4.69, 9.17) is 9.47 Å². The minimum atomic E-state index is -0.759. The van der Waals surface area contributed by atoms with E-state index < -0.39 is 12.0 Å². The molecule has 126 valence electrons. The van der Waals surface area contributed by atoms with Gasteiger partial charge in [0.1, 0.15) is 11.8 Å². The first kappa shape index (κ1) is 17.5. The monoisotopic (exact) mass is 327 g/mol. The van der Waals surface area contributed by atoms with E-state index in [1.165, 1.54) is 7.11 Å². The standard InChI is InChI=1S/C19H21NO4/c1-3-24-19(22)16(13-14-9-5-4-6-10-14)20-18(21)15-11-7-8-12-17(15)23-2/h4-12,16H,3,13H2,1-2H3,(H,20,21). The van der Waals surface area contributed by atoms with E-state index in [2.05, 4.69) is 5.32 Å². The first-order chi connectivity index (χ1) is 11.7. The van der Waals surface area contributed by atoms with E-state index in [1.807, 2.05) is 30.3 Å². The summed E-state index contributed by atoms with van der Waals surface area (Å²) in [5.74, 6) is -0.372. The second-order valence-electron chi connectivity index (χ2n) is 5.17. The molecule has 0 spiro atoms. The number of benzene rings is 2. The molecule has 0 saturated carbocycles. The fourth-order valence-electron chi connectivity index (χ4n) is 2.35. The molecule has 0 fully saturated rings. The summed E-state index contributed by atoms with van der Waals surface area (Å²) in [6.45, 7) is 1.99. The normalized spacial score (nSPS) is 11.4. The lowest BCUT2D eigenvalue weighted by molar-refractivity contribution is -0.145. The van der Waals surface area contributed by atoms with Gasteiger partial charge in [0.2, 0.25) is 0 Å². The third-order valence-electron chi connectivity index (χ3n) is 3.51. The van der Waals surface area contributed by atoms with Crippen LogP contribution in [0.2, 0.25) is 0 Å². The van der Waals surface area contributed by atoms with Crippen molar-refractivity contribution < 1.29 is 19.1 Å². The average Bonchev–Trinajstić information content (AvgIpc) is 2.62. The Morgan fingerprint density at radius 2 is 1.71 bits per heavy atom. The van der Waals surface area contributed by atoms with Crippen LogP contribution in [0.1, 0.15) is 22.8 Å². The van der Waals surface area contributed by atoms with Crippen molar-refractivity contribution >= 4 is 11.9 Å². The zero-order valence-electron chi connectivity index (χ0n) is 13.8. The molecule has 1 amide bonds. The second kappa shape index (κ2) is 8.72. The number of rotatable bonds is 7. The molecule has 1 N–H and O–H groups in total. The molecule has 0 bridgehead atoms. The van der Waals surface area contributed by atoms with Crippen LogP contribution < -0.4 is 10.1 Å². The fourth-order valence-corrected chi connectivity index (χ4v) is 2.35. The van der Waals surface area contributed by atoms with E-state index in [1.54, 1.807) is 31.2 Å². The molecule has 0 aliphatic carbocycles. The highest BCUT2D eigenvalue weighted by Gasteiger charge is 2.24. The lowest BCUT2D eigenvalue weighted by Crippen LogP contribution is -2.43. The van der Waals surface area contributed by atoms with Gasteiger partial charge in [0, 0.05) is 6.42 Å². The summed E-state index contributed by atoms with van der Waals surface area (Å²) >= 11 is 0. The predicted octanol–water partition coefficient (Wildman–Crippen LogP) is 2.60. The molecule has 0 radical (unpaired) electrons. The van der Waals surface area contributed by atoms with Gasteiger partial charge in [0.15, 0.2) is 0 Å². The van der Waals surface area contributed by atoms with E-state index >= 15 is 0 Å². The van der Waals surface area contributed by atoms with Gasteiger partial charge in [0.05, 0.1) is 19.3 Å². The van der Waals surface area contributed by atoms with Crippen molar-refractivity contribution in [3.8, 4) is 5.75 Å². The Labute approximate surface area is 141 Å². The molecule has 0 saturated heterocycles. The summed E-state index contributed by atoms with van der Waals surface area (Å²) in [6.07, 6.45) is 0.362. The third kappa shape index (κ3) is 4.59. The smallest absolute Gasteiger partial charge is 0.328 e. The Morgan fingerprint density at radius 3 is 2.38 bits per heavy atom. The maximum atomic E-state index is 12.5. The van der Waals surface area contributed by atoms with E-state index in [9.17, 15) is 9.59 Å². The molecule has 5 heteroatoms. The van der Waals surface area contributed by atoms with Crippen molar-refractivity contribution in [1.29, 1.82) is 0 Å². The zero-order valence-corrected chi connectivity index (χ0v) is 13.8. The maximum absolute atomic E-state index is 12.5. The van der Waals surface area contributed by atoms with Crippen molar-refractivity contribution in [2.45, 2.75) is 19.4 Å². The zero-order chi connectivity index (χ0) is 17.4. The number of hydrogen-bond acceptors (Lipinski definition) is 4. The maximum Gasteiger partial charge on any atom is 0.328 e. The lowest BCUT2D eigenvalue weighted by atomic mass is 10.1. The fraction of sp³-hybridized carbons (Fsp3) is 0.263. The highest BCUT2D eigenvalue weighted by Crippen LogP contribution is 2.17. The summed E-state index contributed by atoms with van der Waals surface area (Å²) in [6, 6.07) is 15.6. The number of amides is 1. The molecule has 0 aromatic heterocycles. The van der Waals surface area contributed by atoms with Crippen molar-refractivity contribution in [3.05, 3.63) is 65.7 Å². The first-order valence-corrected chi connectivity index (χ1v) is 7.80. The molecular formula is C19H21NO4. The van der Waals surface area contributed by atoms with Gasteiger partial charge in [-0.05, 0) is 24.6 Å². The van der Waals surface area contributed by atoms with Crippen molar-refractivity contribution in [1.82, 2.24) is 5.32 Å². The van der Waals surface area contributed by atoms with Crippen molar-refractivity contribution in [2.75, 3.05) is 13.7 Å². The van der Waals surface area contributed by atoms with Crippen LogP contribution in [0.5, 0.6) is 5.75 Å². The van der Waals surface area contributed by atoms with Gasteiger partial charge in [-0.1, -0.05) is 42.5 Å². The minimum absolute atomic E-state index is 0.259. The van der Waals surface area contributed by atoms with Gasteiger partial charge in [-0.25, -0.2) is 4.79 Å². The lowest BCUT2D eigenvalue weighted by Gasteiger charge is -2.18. The van der Waals surface area contributed by atoms with Gasteiger partial charge in [-0.15, -0.1) is 0 Å². The van der Waals surface area contributed by atoms with E-state index in [-0.39, 0.29) is 12.5 Å². The molecule has 0 heterocycles. The largest absolute Gasteiger partial charge is 0.496 e. The first-order valence-electron chi connectivity index (χ1n) is 7.80. The van der Waals surface area contributed by atoms with Gasteiger partial charge in [0.25, 0.3) is 5.91 Å². The number of ether oxygens (including phenoxy) is 2. The van der Waals surface area contributed by atoms with Gasteiger partial charge >= 0.3 is 5.97 Å². The van der Waals surface area contributed by atoms with Crippen LogP contribution in [0.25, 0.3) is 0 Å². The molecule has 0 aliphatic heterocycles. The molecule has 0 aliphatic rings. The molecule has 5 nitrogen and oxygen atoms in total. The SMILES string of the molecule is CCOC(=O)C(Cc1ccccc1)NC(=O)c1ccccc1OC. The van der Waals surface area contributed by atoms with Crippen molar-refractivity contribution in [2.24, 2.45) is 0 Å². The molecular weight excluding hydrogens is 306 g/mol. The highest BCUT2D eigenvalue weighted by molar-refractivity contribution is 5.99. The summed E-state index contributed by atoms with van der Waals surface area (Å²) < 4.78 is 10.3. The predicted molar refractivity (Wildman–Crippen MR) is 91.0 cm³/mol. The van der Waals surface area contributed by atoms with Crippen molar-refractivity contribution in [3.63, 3.8) is 0 Å². The molecule has 24 heavy (non-hydrogen) atoms. The number of carbonyl (C=O) groups is 2. The van der Waals surface area contributed by atoms with Crippen LogP contribution in [-0.4, -0.2) is 31.6 Å². The molecule has 2 rings (SSSR count). The summed E-state index contributed by atoms with van der Waals surface area (Å²) in [7, 11) is 1.50. The molecule has 1 unspecified atom stereocenters. The highest BCUT2D eigenvalue weighted by atomic mass is 16.5. The Hall–Kier alpha value is -2.82. The van der Waals surface area contributed by atoms with E-state index in [0.717, 1.165) is 5.56 Å². The van der Waals surface area contributed by atoms with E-state index in [0.29, 0.717) is 17.7 Å². The number of esters is 1. The van der Waals surface area contributed by atoms with Gasteiger partial charge in [-0.2, -0.15) is 0 Å². The second-order valence-corrected chi connectivity index (χ2v) is 5.17. The summed E-state index contributed by atoms with van der Waals surface area (Å²) in [4.78, 5) is 24.7. The average molecular weight is 327 g/mol. The van der Waals surface area contributed by atoms with Crippen LogP contribution in [0.4, 0.5) is 0 Å². The summed E-state index contributed by atoms with van der Waals surface area (Å²) in [5.41, 5.74) is 1.32. The molecule has 2 aromatic carbocycles. The quantitative estimate of drug-likeness (QED) is 0.794. The Morgan fingerprint density at radius 1 is 1.04 bits per heavy atom. The molecule has 1 atom stereocenters. The van der Waals surface area contributed by atoms with Crippen LogP contribution in [0, 0.1) is 0 Å². The van der Waals surface area contributed by atoms with Crippen LogP contribution in [0.3, 0.4) is 0 Å².